The van der Waals surface area contributed by atoms with Crippen molar-refractivity contribution in [1.29, 1.82) is 5.26 Å². The zero-order chi connectivity index (χ0) is 13.0. The minimum absolute atomic E-state index is 0.412. The number of rotatable bonds is 5. The van der Waals surface area contributed by atoms with Gasteiger partial charge in [0.15, 0.2) is 0 Å². The zero-order valence-electron chi connectivity index (χ0n) is 10.6. The predicted molar refractivity (Wildman–Crippen MR) is 68.9 cm³/mol. The molecular weight excluding hydrogens is 228 g/mol. The van der Waals surface area contributed by atoms with Crippen molar-refractivity contribution in [3.63, 3.8) is 0 Å². The van der Waals surface area contributed by atoms with Gasteiger partial charge in [0, 0.05) is 24.8 Å². The molecule has 0 atom stereocenters. The average Bonchev–Trinajstić information content (AvgIpc) is 2.81. The molecule has 0 saturated carbocycles. The monoisotopic (exact) mass is 244 g/mol. The summed E-state index contributed by atoms with van der Waals surface area (Å²) >= 11 is 0. The summed E-state index contributed by atoms with van der Waals surface area (Å²) in [5, 5.41) is 9.89. The molecule has 0 fully saturated rings. The van der Waals surface area contributed by atoms with E-state index >= 15 is 0 Å². The summed E-state index contributed by atoms with van der Waals surface area (Å²) in [5.74, 6) is 0. The zero-order valence-corrected chi connectivity index (χ0v) is 10.6. The van der Waals surface area contributed by atoms with E-state index in [0.29, 0.717) is 18.8 Å². The van der Waals surface area contributed by atoms with E-state index in [0.717, 1.165) is 10.9 Å². The van der Waals surface area contributed by atoms with Crippen molar-refractivity contribution in [3.05, 3.63) is 36.0 Å². The van der Waals surface area contributed by atoms with Crippen molar-refractivity contribution in [2.45, 2.75) is 20.3 Å². The maximum Gasteiger partial charge on any atom is 0.244 e. The molecule has 2 aromatic rings. The summed E-state index contributed by atoms with van der Waals surface area (Å²) in [6.07, 6.45) is 1.51. The Kier molecular flexibility index (Phi) is 3.98. The Hall–Kier alpha value is -1.83. The summed E-state index contributed by atoms with van der Waals surface area (Å²) in [7, 11) is 0. The Morgan fingerprint density at radius 2 is 1.94 bits per heavy atom. The lowest BCUT2D eigenvalue weighted by molar-refractivity contribution is -0.183. The van der Waals surface area contributed by atoms with Crippen molar-refractivity contribution < 1.29 is 9.47 Å². The third-order valence-corrected chi connectivity index (χ3v) is 2.70. The van der Waals surface area contributed by atoms with E-state index in [1.54, 1.807) is 6.07 Å². The summed E-state index contributed by atoms with van der Waals surface area (Å²) in [6.45, 7) is 5.04. The number of nitriles is 1. The minimum Gasteiger partial charge on any atom is -0.335 e. The lowest BCUT2D eigenvalue weighted by Crippen LogP contribution is -2.15. The van der Waals surface area contributed by atoms with Gasteiger partial charge >= 0.3 is 0 Å². The van der Waals surface area contributed by atoms with Gasteiger partial charge in [-0.2, -0.15) is 5.26 Å². The molecular formula is C14H16N2O2. The number of hydrogen-bond donors (Lipinski definition) is 0. The van der Waals surface area contributed by atoms with Crippen LogP contribution in [-0.4, -0.2) is 17.8 Å². The lowest BCUT2D eigenvalue weighted by Gasteiger charge is -2.19. The van der Waals surface area contributed by atoms with Crippen LogP contribution in [0, 0.1) is 11.3 Å². The third kappa shape index (κ3) is 2.37. The number of benzene rings is 1. The van der Waals surface area contributed by atoms with Gasteiger partial charge in [0.25, 0.3) is 0 Å². The number of nitrogens with zero attached hydrogens (tertiary/aromatic N) is 2. The largest absolute Gasteiger partial charge is 0.335 e. The van der Waals surface area contributed by atoms with Crippen molar-refractivity contribution in [2.24, 2.45) is 0 Å². The van der Waals surface area contributed by atoms with Gasteiger partial charge in [0.2, 0.25) is 6.41 Å². The van der Waals surface area contributed by atoms with Gasteiger partial charge in [-0.25, -0.2) is 0 Å². The number of ether oxygens (including phenoxy) is 2. The maximum absolute atomic E-state index is 8.88. The Bertz CT molecular complexity index is 563. The second-order valence-corrected chi connectivity index (χ2v) is 3.83. The Morgan fingerprint density at radius 3 is 2.56 bits per heavy atom. The molecule has 0 aliphatic heterocycles. The molecule has 0 radical (unpaired) electrons. The fraction of sp³-hybridized carbons (Fsp3) is 0.357. The van der Waals surface area contributed by atoms with E-state index in [9.17, 15) is 0 Å². The molecule has 1 heterocycles. The molecule has 2 rings (SSSR count). The Balaban J connectivity index is 2.41. The molecule has 0 N–H and O–H groups in total. The first-order valence-electron chi connectivity index (χ1n) is 6.04. The summed E-state index contributed by atoms with van der Waals surface area (Å²) in [5.41, 5.74) is 1.66. The molecule has 0 amide bonds. The van der Waals surface area contributed by atoms with Gasteiger partial charge in [0.05, 0.1) is 17.1 Å². The molecule has 0 aliphatic rings. The molecule has 0 saturated heterocycles. The van der Waals surface area contributed by atoms with Crippen LogP contribution in [-0.2, 0) is 9.47 Å². The van der Waals surface area contributed by atoms with Crippen LogP contribution in [0.1, 0.15) is 25.8 Å². The van der Waals surface area contributed by atoms with Crippen LogP contribution in [0.5, 0.6) is 0 Å². The van der Waals surface area contributed by atoms with Gasteiger partial charge in [-0.15, -0.1) is 0 Å². The fourth-order valence-corrected chi connectivity index (χ4v) is 1.91. The molecule has 4 nitrogen and oxygen atoms in total. The summed E-state index contributed by atoms with van der Waals surface area (Å²) < 4.78 is 13.1. The number of aromatic nitrogens is 1. The third-order valence-electron chi connectivity index (χ3n) is 2.70. The maximum atomic E-state index is 8.88. The highest BCUT2D eigenvalue weighted by Gasteiger charge is 2.13. The van der Waals surface area contributed by atoms with Crippen molar-refractivity contribution >= 4 is 10.9 Å². The van der Waals surface area contributed by atoms with E-state index < -0.39 is 6.41 Å². The second-order valence-electron chi connectivity index (χ2n) is 3.83. The standard InChI is InChI=1S/C14H16N2O2/c1-3-17-14(18-4-2)16-8-7-12-9-11(10-15)5-6-13(12)16/h5-9,14H,3-4H2,1-2H3. The molecule has 94 valence electrons. The summed E-state index contributed by atoms with van der Waals surface area (Å²) in [4.78, 5) is 0. The predicted octanol–water partition coefficient (Wildman–Crippen LogP) is 3.04. The highest BCUT2D eigenvalue weighted by molar-refractivity contribution is 5.81. The second kappa shape index (κ2) is 5.67. The topological polar surface area (TPSA) is 47.2 Å². The van der Waals surface area contributed by atoms with E-state index in [1.165, 1.54) is 0 Å². The Morgan fingerprint density at radius 1 is 1.22 bits per heavy atom. The van der Waals surface area contributed by atoms with Crippen molar-refractivity contribution in [1.82, 2.24) is 4.57 Å². The average molecular weight is 244 g/mol. The van der Waals surface area contributed by atoms with Crippen molar-refractivity contribution in [2.75, 3.05) is 13.2 Å². The van der Waals surface area contributed by atoms with Gasteiger partial charge in [-0.3, -0.25) is 4.57 Å². The van der Waals surface area contributed by atoms with E-state index in [2.05, 4.69) is 6.07 Å². The SMILES string of the molecule is CCOC(OCC)n1ccc2cc(C#N)ccc21. The van der Waals surface area contributed by atoms with Crippen LogP contribution in [0.4, 0.5) is 0 Å². The van der Waals surface area contributed by atoms with Crippen LogP contribution in [0.2, 0.25) is 0 Å². The molecule has 0 bridgehead atoms. The molecule has 18 heavy (non-hydrogen) atoms. The van der Waals surface area contributed by atoms with Crippen LogP contribution in [0.3, 0.4) is 0 Å². The van der Waals surface area contributed by atoms with Gasteiger partial charge in [-0.05, 0) is 38.1 Å². The fourth-order valence-electron chi connectivity index (χ4n) is 1.91. The number of fused-ring (bicyclic) bond motifs is 1. The molecule has 1 aromatic carbocycles. The molecule has 0 aliphatic carbocycles. The van der Waals surface area contributed by atoms with E-state index in [-0.39, 0.29) is 0 Å². The first-order chi connectivity index (χ1) is 8.80. The van der Waals surface area contributed by atoms with Crippen LogP contribution in [0.25, 0.3) is 10.9 Å². The van der Waals surface area contributed by atoms with Gasteiger partial charge in [0.1, 0.15) is 0 Å². The van der Waals surface area contributed by atoms with Crippen molar-refractivity contribution in [3.8, 4) is 6.07 Å². The van der Waals surface area contributed by atoms with E-state index in [1.807, 2.05) is 42.8 Å². The molecule has 4 heteroatoms. The van der Waals surface area contributed by atoms with Crippen LogP contribution < -0.4 is 0 Å². The van der Waals surface area contributed by atoms with Gasteiger partial charge < -0.3 is 9.47 Å². The Labute approximate surface area is 106 Å². The van der Waals surface area contributed by atoms with E-state index in [4.69, 9.17) is 14.7 Å². The van der Waals surface area contributed by atoms with Crippen LogP contribution >= 0.6 is 0 Å². The quantitative estimate of drug-likeness (QED) is 0.759. The lowest BCUT2D eigenvalue weighted by atomic mass is 10.2. The minimum atomic E-state index is -0.412. The first kappa shape index (κ1) is 12.6. The highest BCUT2D eigenvalue weighted by atomic mass is 16.7. The molecule has 0 unspecified atom stereocenters. The van der Waals surface area contributed by atoms with Gasteiger partial charge in [-0.1, -0.05) is 0 Å². The summed E-state index contributed by atoms with van der Waals surface area (Å²) in [6, 6.07) is 9.67. The highest BCUT2D eigenvalue weighted by Crippen LogP contribution is 2.22. The molecule has 0 spiro atoms. The first-order valence-corrected chi connectivity index (χ1v) is 6.04. The smallest absolute Gasteiger partial charge is 0.244 e. The normalized spacial score (nSPS) is 11.0. The van der Waals surface area contributed by atoms with Crippen LogP contribution in [0.15, 0.2) is 30.5 Å². The molecule has 1 aromatic heterocycles. The number of hydrogen-bond acceptors (Lipinski definition) is 3.